The average Bonchev–Trinajstić information content (AvgIpc) is 2.59. The fourth-order valence-corrected chi connectivity index (χ4v) is 2.96. The topological polar surface area (TPSA) is 17.3 Å². The molecule has 72 valence electrons. The quantitative estimate of drug-likeness (QED) is 0.685. The molecule has 1 aliphatic rings. The lowest BCUT2D eigenvalue weighted by Gasteiger charge is -2.09. The molecule has 2 aromatic rings. The van der Waals surface area contributed by atoms with Crippen LogP contribution in [0.25, 0.3) is 5.65 Å². The summed E-state index contributed by atoms with van der Waals surface area (Å²) in [5.41, 5.74) is 3.44. The second-order valence-corrected chi connectivity index (χ2v) is 4.87. The molecule has 3 heterocycles. The van der Waals surface area contributed by atoms with Crippen LogP contribution in [0.2, 0.25) is 5.02 Å². The SMILES string of the molecule is Clc1cccn2c3c(nc12)CSCC3. The van der Waals surface area contributed by atoms with Crippen molar-refractivity contribution in [2.75, 3.05) is 5.75 Å². The minimum atomic E-state index is 0.743. The van der Waals surface area contributed by atoms with Gasteiger partial charge < -0.3 is 4.40 Å². The van der Waals surface area contributed by atoms with Crippen LogP contribution in [-0.4, -0.2) is 15.1 Å². The first kappa shape index (κ1) is 8.62. The number of fused-ring (bicyclic) bond motifs is 3. The normalized spacial score (nSPS) is 15.8. The molecular weight excluding hydrogens is 216 g/mol. The molecule has 0 atom stereocenters. The Kier molecular flexibility index (Phi) is 1.96. The summed E-state index contributed by atoms with van der Waals surface area (Å²) < 4.78 is 2.12. The Bertz CT molecular complexity index is 492. The maximum atomic E-state index is 6.09. The predicted molar refractivity (Wildman–Crippen MR) is 60.1 cm³/mol. The Hall–Kier alpha value is -0.670. The number of aryl methyl sites for hydroxylation is 1. The second kappa shape index (κ2) is 3.17. The molecule has 0 radical (unpaired) electrons. The van der Waals surface area contributed by atoms with E-state index in [1.54, 1.807) is 0 Å². The summed E-state index contributed by atoms with van der Waals surface area (Å²) >= 11 is 8.03. The highest BCUT2D eigenvalue weighted by Crippen LogP contribution is 2.27. The van der Waals surface area contributed by atoms with E-state index in [4.69, 9.17) is 11.6 Å². The predicted octanol–water partition coefficient (Wildman–Crippen LogP) is 2.78. The first-order valence-corrected chi connectivity index (χ1v) is 6.11. The maximum absolute atomic E-state index is 6.09. The van der Waals surface area contributed by atoms with Crippen LogP contribution < -0.4 is 0 Å². The molecule has 0 spiro atoms. The van der Waals surface area contributed by atoms with E-state index in [0.29, 0.717) is 0 Å². The minimum absolute atomic E-state index is 0.743. The van der Waals surface area contributed by atoms with Gasteiger partial charge in [-0.2, -0.15) is 11.8 Å². The smallest absolute Gasteiger partial charge is 0.156 e. The molecular formula is C10H9ClN2S. The third-order valence-electron chi connectivity index (χ3n) is 2.51. The zero-order chi connectivity index (χ0) is 9.54. The van der Waals surface area contributed by atoms with Crippen LogP contribution in [0.15, 0.2) is 18.3 Å². The Morgan fingerprint density at radius 1 is 1.50 bits per heavy atom. The lowest BCUT2D eigenvalue weighted by Crippen LogP contribution is -2.03. The molecule has 0 saturated carbocycles. The molecule has 4 heteroatoms. The van der Waals surface area contributed by atoms with Gasteiger partial charge in [-0.25, -0.2) is 4.98 Å². The van der Waals surface area contributed by atoms with Crippen LogP contribution in [-0.2, 0) is 12.2 Å². The summed E-state index contributed by atoms with van der Waals surface area (Å²) in [6, 6.07) is 3.86. The number of rotatable bonds is 0. The van der Waals surface area contributed by atoms with E-state index in [1.807, 2.05) is 30.1 Å². The zero-order valence-electron chi connectivity index (χ0n) is 7.53. The fourth-order valence-electron chi connectivity index (χ4n) is 1.85. The Balaban J connectivity index is 2.36. The number of hydrogen-bond acceptors (Lipinski definition) is 2. The second-order valence-electron chi connectivity index (χ2n) is 3.36. The molecule has 2 aromatic heterocycles. The number of aromatic nitrogens is 2. The molecule has 0 aromatic carbocycles. The number of imidazole rings is 1. The zero-order valence-corrected chi connectivity index (χ0v) is 9.11. The van der Waals surface area contributed by atoms with Crippen LogP contribution in [0.3, 0.4) is 0 Å². The molecule has 0 unspecified atom stereocenters. The highest BCUT2D eigenvalue weighted by Gasteiger charge is 2.16. The number of pyridine rings is 1. The van der Waals surface area contributed by atoms with Crippen molar-refractivity contribution in [3.05, 3.63) is 34.7 Å². The number of halogens is 1. The van der Waals surface area contributed by atoms with Crippen molar-refractivity contribution in [3.8, 4) is 0 Å². The molecule has 0 bridgehead atoms. The minimum Gasteiger partial charge on any atom is -0.302 e. The molecule has 14 heavy (non-hydrogen) atoms. The van der Waals surface area contributed by atoms with Crippen molar-refractivity contribution in [2.45, 2.75) is 12.2 Å². The van der Waals surface area contributed by atoms with E-state index in [1.165, 1.54) is 17.1 Å². The summed E-state index contributed by atoms with van der Waals surface area (Å²) in [5.74, 6) is 2.21. The Morgan fingerprint density at radius 3 is 3.36 bits per heavy atom. The van der Waals surface area contributed by atoms with E-state index in [0.717, 1.165) is 22.8 Å². The summed E-state index contributed by atoms with van der Waals surface area (Å²) in [6.45, 7) is 0. The van der Waals surface area contributed by atoms with Gasteiger partial charge in [0, 0.05) is 17.6 Å². The van der Waals surface area contributed by atoms with Gasteiger partial charge in [-0.3, -0.25) is 0 Å². The lowest BCUT2D eigenvalue weighted by molar-refractivity contribution is 0.965. The van der Waals surface area contributed by atoms with Gasteiger partial charge in [-0.1, -0.05) is 11.6 Å². The van der Waals surface area contributed by atoms with Gasteiger partial charge in [0.25, 0.3) is 0 Å². The van der Waals surface area contributed by atoms with Gasteiger partial charge >= 0.3 is 0 Å². The highest BCUT2D eigenvalue weighted by molar-refractivity contribution is 7.98. The van der Waals surface area contributed by atoms with Crippen LogP contribution in [0, 0.1) is 0 Å². The molecule has 1 aliphatic heterocycles. The lowest BCUT2D eigenvalue weighted by atomic mass is 10.3. The van der Waals surface area contributed by atoms with Crippen LogP contribution >= 0.6 is 23.4 Å². The third kappa shape index (κ3) is 1.16. The third-order valence-corrected chi connectivity index (χ3v) is 3.77. The first-order valence-electron chi connectivity index (χ1n) is 4.58. The molecule has 0 amide bonds. The first-order chi connectivity index (χ1) is 6.86. The van der Waals surface area contributed by atoms with Crippen LogP contribution in [0.4, 0.5) is 0 Å². The van der Waals surface area contributed by atoms with Crippen molar-refractivity contribution in [1.29, 1.82) is 0 Å². The van der Waals surface area contributed by atoms with Crippen LogP contribution in [0.1, 0.15) is 11.4 Å². The monoisotopic (exact) mass is 224 g/mol. The summed E-state index contributed by atoms with van der Waals surface area (Å²) in [7, 11) is 0. The van der Waals surface area contributed by atoms with Crippen molar-refractivity contribution in [3.63, 3.8) is 0 Å². The Labute approximate surface area is 91.3 Å². The fraction of sp³-hybridized carbons (Fsp3) is 0.300. The van der Waals surface area contributed by atoms with E-state index in [-0.39, 0.29) is 0 Å². The van der Waals surface area contributed by atoms with Gasteiger partial charge in [0.1, 0.15) is 0 Å². The maximum Gasteiger partial charge on any atom is 0.156 e. The number of nitrogens with zero attached hydrogens (tertiary/aromatic N) is 2. The van der Waals surface area contributed by atoms with Crippen molar-refractivity contribution in [1.82, 2.24) is 9.38 Å². The molecule has 0 N–H and O–H groups in total. The van der Waals surface area contributed by atoms with E-state index in [2.05, 4.69) is 9.38 Å². The van der Waals surface area contributed by atoms with Crippen molar-refractivity contribution in [2.24, 2.45) is 0 Å². The van der Waals surface area contributed by atoms with Crippen molar-refractivity contribution < 1.29 is 0 Å². The van der Waals surface area contributed by atoms with Gasteiger partial charge in [0.2, 0.25) is 0 Å². The molecule has 2 nitrogen and oxygen atoms in total. The standard InChI is InChI=1S/C10H9ClN2S/c11-7-2-1-4-13-9-3-5-14-6-8(9)12-10(7)13/h1-2,4H,3,5-6H2. The van der Waals surface area contributed by atoms with Gasteiger partial charge in [0.05, 0.1) is 10.7 Å². The number of hydrogen-bond donors (Lipinski definition) is 0. The van der Waals surface area contributed by atoms with E-state index >= 15 is 0 Å². The van der Waals surface area contributed by atoms with Gasteiger partial charge in [-0.15, -0.1) is 0 Å². The number of thioether (sulfide) groups is 1. The average molecular weight is 225 g/mol. The molecule has 0 aliphatic carbocycles. The van der Waals surface area contributed by atoms with E-state index < -0.39 is 0 Å². The molecule has 0 fully saturated rings. The highest BCUT2D eigenvalue weighted by atomic mass is 35.5. The van der Waals surface area contributed by atoms with Crippen molar-refractivity contribution >= 4 is 29.0 Å². The van der Waals surface area contributed by atoms with E-state index in [9.17, 15) is 0 Å². The molecule has 3 rings (SSSR count). The van der Waals surface area contributed by atoms with Crippen LogP contribution in [0.5, 0.6) is 0 Å². The van der Waals surface area contributed by atoms with Gasteiger partial charge in [0.15, 0.2) is 5.65 Å². The van der Waals surface area contributed by atoms with Gasteiger partial charge in [-0.05, 0) is 24.3 Å². The molecule has 0 saturated heterocycles. The largest absolute Gasteiger partial charge is 0.302 e. The summed E-state index contributed by atoms with van der Waals surface area (Å²) in [4.78, 5) is 4.56. The summed E-state index contributed by atoms with van der Waals surface area (Å²) in [6.07, 6.45) is 3.14. The summed E-state index contributed by atoms with van der Waals surface area (Å²) in [5, 5.41) is 0.743. The Morgan fingerprint density at radius 2 is 2.43 bits per heavy atom.